The van der Waals surface area contributed by atoms with Crippen LogP contribution in [0.3, 0.4) is 0 Å². The normalized spacial score (nSPS) is 14.6. The van der Waals surface area contributed by atoms with Gasteiger partial charge in [0.15, 0.2) is 11.5 Å². The smallest absolute Gasteiger partial charge is 0.320 e. The number of H-pyrrole nitrogens is 1. The minimum Gasteiger partial charge on any atom is -0.493 e. The van der Waals surface area contributed by atoms with Gasteiger partial charge in [0.2, 0.25) is 0 Å². The Labute approximate surface area is 221 Å². The van der Waals surface area contributed by atoms with Gasteiger partial charge >= 0.3 is 5.97 Å². The van der Waals surface area contributed by atoms with Crippen LogP contribution < -0.4 is 14.8 Å². The molecule has 5 rings (SSSR count). The summed E-state index contributed by atoms with van der Waals surface area (Å²) in [6.45, 7) is 7.74. The number of ether oxygens (including phenoxy) is 3. The SMILES string of the molecule is CCOC(=O)CN1CCN(CCCOc2cc3ncnc(Nc4ccc5[nH]ccc5c4)c3cc2OC)CC1. The Morgan fingerprint density at radius 2 is 1.89 bits per heavy atom. The summed E-state index contributed by atoms with van der Waals surface area (Å²) in [7, 11) is 1.64. The highest BCUT2D eigenvalue weighted by Gasteiger charge is 2.19. The largest absolute Gasteiger partial charge is 0.493 e. The van der Waals surface area contributed by atoms with Gasteiger partial charge in [-0.1, -0.05) is 0 Å². The van der Waals surface area contributed by atoms with Crippen LogP contribution >= 0.6 is 0 Å². The Morgan fingerprint density at radius 3 is 2.71 bits per heavy atom. The number of esters is 1. The van der Waals surface area contributed by atoms with Crippen molar-refractivity contribution in [1.82, 2.24) is 24.8 Å². The maximum Gasteiger partial charge on any atom is 0.320 e. The van der Waals surface area contributed by atoms with Crippen molar-refractivity contribution >= 4 is 39.3 Å². The average molecular weight is 519 g/mol. The molecule has 2 N–H and O–H groups in total. The van der Waals surface area contributed by atoms with Crippen LogP contribution in [-0.2, 0) is 9.53 Å². The number of piperazine rings is 1. The van der Waals surface area contributed by atoms with Crippen LogP contribution in [-0.4, -0.2) is 90.3 Å². The third-order valence-corrected chi connectivity index (χ3v) is 6.74. The van der Waals surface area contributed by atoms with E-state index in [0.29, 0.717) is 37.1 Å². The summed E-state index contributed by atoms with van der Waals surface area (Å²) in [6, 6.07) is 12.0. The molecule has 0 bridgehead atoms. The zero-order valence-electron chi connectivity index (χ0n) is 21.9. The molecule has 0 aliphatic carbocycles. The van der Waals surface area contributed by atoms with Crippen molar-refractivity contribution < 1.29 is 19.0 Å². The van der Waals surface area contributed by atoms with Crippen molar-refractivity contribution in [3.63, 3.8) is 0 Å². The molecule has 0 radical (unpaired) electrons. The van der Waals surface area contributed by atoms with E-state index in [2.05, 4.69) is 36.1 Å². The van der Waals surface area contributed by atoms with Crippen molar-refractivity contribution in [1.29, 1.82) is 0 Å². The number of nitrogens with zero attached hydrogens (tertiary/aromatic N) is 4. The van der Waals surface area contributed by atoms with E-state index in [1.807, 2.05) is 43.5 Å². The van der Waals surface area contributed by atoms with Gasteiger partial charge in [-0.15, -0.1) is 0 Å². The fraction of sp³-hybridized carbons (Fsp3) is 0.393. The van der Waals surface area contributed by atoms with E-state index in [-0.39, 0.29) is 5.97 Å². The number of carbonyl (C=O) groups excluding carboxylic acids is 1. The van der Waals surface area contributed by atoms with Crippen LogP contribution in [0, 0.1) is 0 Å². The molecule has 1 aliphatic rings. The Morgan fingerprint density at radius 1 is 1.05 bits per heavy atom. The quantitative estimate of drug-likeness (QED) is 0.226. The number of methoxy groups -OCH3 is 1. The predicted molar refractivity (Wildman–Crippen MR) is 147 cm³/mol. The Balaban J connectivity index is 1.17. The van der Waals surface area contributed by atoms with Gasteiger partial charge in [0.05, 0.1) is 32.4 Å². The molecule has 38 heavy (non-hydrogen) atoms. The molecule has 1 saturated heterocycles. The van der Waals surface area contributed by atoms with Gasteiger partial charge in [0.25, 0.3) is 0 Å². The van der Waals surface area contributed by atoms with Gasteiger partial charge in [0, 0.05) is 67.0 Å². The maximum atomic E-state index is 11.7. The molecule has 0 saturated carbocycles. The summed E-state index contributed by atoms with van der Waals surface area (Å²) in [5.41, 5.74) is 2.81. The van der Waals surface area contributed by atoms with Crippen LogP contribution in [0.5, 0.6) is 11.5 Å². The van der Waals surface area contributed by atoms with E-state index in [0.717, 1.165) is 66.6 Å². The van der Waals surface area contributed by atoms with Crippen LogP contribution in [0.25, 0.3) is 21.8 Å². The number of hydrogen-bond acceptors (Lipinski definition) is 9. The van der Waals surface area contributed by atoms with Gasteiger partial charge < -0.3 is 29.4 Å². The van der Waals surface area contributed by atoms with Crippen LogP contribution in [0.4, 0.5) is 11.5 Å². The molecular weight excluding hydrogens is 484 g/mol. The second-order valence-electron chi connectivity index (χ2n) is 9.27. The monoisotopic (exact) mass is 518 g/mol. The topological polar surface area (TPSA) is 105 Å². The fourth-order valence-corrected chi connectivity index (χ4v) is 4.73. The molecule has 200 valence electrons. The maximum absolute atomic E-state index is 11.7. The number of benzene rings is 2. The molecule has 2 aromatic heterocycles. The zero-order chi connectivity index (χ0) is 26.3. The average Bonchev–Trinajstić information content (AvgIpc) is 3.40. The van der Waals surface area contributed by atoms with Crippen molar-refractivity contribution in [2.24, 2.45) is 0 Å². The molecule has 0 atom stereocenters. The highest BCUT2D eigenvalue weighted by molar-refractivity contribution is 5.94. The summed E-state index contributed by atoms with van der Waals surface area (Å²) in [5, 5.41) is 5.39. The molecular formula is C28H34N6O4. The summed E-state index contributed by atoms with van der Waals surface area (Å²) < 4.78 is 16.8. The summed E-state index contributed by atoms with van der Waals surface area (Å²) >= 11 is 0. The third kappa shape index (κ3) is 6.15. The van der Waals surface area contributed by atoms with E-state index in [4.69, 9.17) is 14.2 Å². The van der Waals surface area contributed by atoms with Crippen molar-refractivity contribution in [3.05, 3.63) is 48.9 Å². The van der Waals surface area contributed by atoms with Gasteiger partial charge in [-0.3, -0.25) is 9.69 Å². The lowest BCUT2D eigenvalue weighted by Crippen LogP contribution is -2.48. The number of anilines is 2. The van der Waals surface area contributed by atoms with Gasteiger partial charge in [0.1, 0.15) is 12.1 Å². The fourth-order valence-electron chi connectivity index (χ4n) is 4.73. The number of aromatic nitrogens is 3. The minimum absolute atomic E-state index is 0.148. The number of rotatable bonds is 11. The standard InChI is InChI=1S/C28H34N6O4/c1-3-37-27(35)18-34-12-10-33(11-13-34)9-4-14-38-26-17-24-22(16-25(26)36-2)28(31-19-30-24)32-21-5-6-23-20(15-21)7-8-29-23/h5-8,15-17,19,29H,3-4,9-14,18H2,1-2H3,(H,30,31,32). The highest BCUT2D eigenvalue weighted by atomic mass is 16.5. The van der Waals surface area contributed by atoms with E-state index >= 15 is 0 Å². The Kier molecular flexibility index (Phi) is 8.20. The predicted octanol–water partition coefficient (Wildman–Crippen LogP) is 3.81. The van der Waals surface area contributed by atoms with Crippen LogP contribution in [0.15, 0.2) is 48.9 Å². The molecule has 3 heterocycles. The summed E-state index contributed by atoms with van der Waals surface area (Å²) in [6.07, 6.45) is 4.37. The summed E-state index contributed by atoms with van der Waals surface area (Å²) in [4.78, 5) is 28.4. The van der Waals surface area contributed by atoms with Crippen molar-refractivity contribution in [2.45, 2.75) is 13.3 Å². The summed E-state index contributed by atoms with van der Waals surface area (Å²) in [5.74, 6) is 1.86. The molecule has 10 nitrogen and oxygen atoms in total. The van der Waals surface area contributed by atoms with E-state index < -0.39 is 0 Å². The van der Waals surface area contributed by atoms with Gasteiger partial charge in [-0.05, 0) is 43.7 Å². The lowest BCUT2D eigenvalue weighted by molar-refractivity contribution is -0.144. The van der Waals surface area contributed by atoms with Crippen LogP contribution in [0.2, 0.25) is 0 Å². The molecule has 0 spiro atoms. The molecule has 1 aliphatic heterocycles. The van der Waals surface area contributed by atoms with E-state index in [9.17, 15) is 4.79 Å². The van der Waals surface area contributed by atoms with E-state index in [1.165, 1.54) is 0 Å². The second kappa shape index (κ2) is 12.1. The first kappa shape index (κ1) is 25.7. The number of nitrogens with one attached hydrogen (secondary N) is 2. The van der Waals surface area contributed by atoms with Gasteiger partial charge in [-0.2, -0.15) is 0 Å². The molecule has 0 amide bonds. The van der Waals surface area contributed by atoms with Crippen molar-refractivity contribution in [2.75, 3.05) is 64.9 Å². The minimum atomic E-state index is -0.148. The number of fused-ring (bicyclic) bond motifs is 2. The number of carbonyl (C=O) groups is 1. The first-order chi connectivity index (χ1) is 18.6. The molecule has 0 unspecified atom stereocenters. The molecule has 2 aromatic carbocycles. The molecule has 1 fully saturated rings. The van der Waals surface area contributed by atoms with Crippen LogP contribution in [0.1, 0.15) is 13.3 Å². The zero-order valence-corrected chi connectivity index (χ0v) is 21.9. The Hall–Kier alpha value is -3.89. The highest BCUT2D eigenvalue weighted by Crippen LogP contribution is 2.35. The number of aromatic amines is 1. The lowest BCUT2D eigenvalue weighted by Gasteiger charge is -2.34. The third-order valence-electron chi connectivity index (χ3n) is 6.74. The van der Waals surface area contributed by atoms with Gasteiger partial charge in [-0.25, -0.2) is 9.97 Å². The first-order valence-electron chi connectivity index (χ1n) is 13.0. The Bertz CT molecular complexity index is 1380. The lowest BCUT2D eigenvalue weighted by atomic mass is 10.2. The second-order valence-corrected chi connectivity index (χ2v) is 9.27. The molecule has 4 aromatic rings. The van der Waals surface area contributed by atoms with Crippen molar-refractivity contribution in [3.8, 4) is 11.5 Å². The first-order valence-corrected chi connectivity index (χ1v) is 13.0. The number of hydrogen-bond donors (Lipinski definition) is 2. The van der Waals surface area contributed by atoms with E-state index in [1.54, 1.807) is 13.4 Å². The molecule has 10 heteroatoms.